The number of rotatable bonds is 5. The van der Waals surface area contributed by atoms with Crippen molar-refractivity contribution in [2.24, 2.45) is 0 Å². The molecule has 0 saturated heterocycles. The Hall–Kier alpha value is -3.15. The van der Waals surface area contributed by atoms with Crippen LogP contribution in [0.1, 0.15) is 5.82 Å². The first kappa shape index (κ1) is 14.4. The van der Waals surface area contributed by atoms with Gasteiger partial charge in [-0.25, -0.2) is 0 Å². The lowest BCUT2D eigenvalue weighted by atomic mass is 10.1. The summed E-state index contributed by atoms with van der Waals surface area (Å²) in [6.45, 7) is 3.45. The van der Waals surface area contributed by atoms with Crippen LogP contribution in [0.25, 0.3) is 16.4 Å². The monoisotopic (exact) mass is 318 g/mol. The highest BCUT2D eigenvalue weighted by molar-refractivity contribution is 5.93. The van der Waals surface area contributed by atoms with Crippen LogP contribution in [0.2, 0.25) is 0 Å². The highest BCUT2D eigenvalue weighted by Crippen LogP contribution is 2.22. The fraction of sp³-hybridized carbons (Fsp3) is 0.167. The van der Waals surface area contributed by atoms with E-state index in [1.54, 1.807) is 4.52 Å². The molecule has 0 fully saturated rings. The maximum absolute atomic E-state index is 4.48. The molecule has 24 heavy (non-hydrogen) atoms. The summed E-state index contributed by atoms with van der Waals surface area (Å²) in [6, 6.07) is 18.5. The van der Waals surface area contributed by atoms with Gasteiger partial charge in [0.05, 0.1) is 0 Å². The zero-order valence-electron chi connectivity index (χ0n) is 13.4. The molecule has 2 aromatic carbocycles. The van der Waals surface area contributed by atoms with Crippen molar-refractivity contribution in [3.63, 3.8) is 0 Å². The molecule has 4 rings (SSSR count). The molecule has 6 nitrogen and oxygen atoms in total. The van der Waals surface area contributed by atoms with Crippen molar-refractivity contribution in [2.75, 3.05) is 23.7 Å². The van der Waals surface area contributed by atoms with Gasteiger partial charge in [0, 0.05) is 24.2 Å². The van der Waals surface area contributed by atoms with Crippen LogP contribution in [0, 0.1) is 6.92 Å². The standard InChI is InChI=1S/C18H18N6/c1-13-21-22-18-10-9-17(23-24(13)18)20-12-11-19-16-8-4-6-14-5-2-3-7-15(14)16/h2-10,19H,11-12H2,1H3,(H,20,23). The van der Waals surface area contributed by atoms with Crippen LogP contribution < -0.4 is 10.6 Å². The number of aryl methyl sites for hydroxylation is 1. The minimum Gasteiger partial charge on any atom is -0.383 e. The van der Waals surface area contributed by atoms with Crippen molar-refractivity contribution in [3.8, 4) is 0 Å². The SMILES string of the molecule is Cc1nnc2ccc(NCCNc3cccc4ccccc34)nn12. The van der Waals surface area contributed by atoms with Gasteiger partial charge in [-0.15, -0.1) is 15.3 Å². The van der Waals surface area contributed by atoms with Crippen LogP contribution in [-0.4, -0.2) is 32.9 Å². The lowest BCUT2D eigenvalue weighted by Gasteiger charge is -2.11. The van der Waals surface area contributed by atoms with Gasteiger partial charge >= 0.3 is 0 Å². The summed E-state index contributed by atoms with van der Waals surface area (Å²) in [6.07, 6.45) is 0. The maximum atomic E-state index is 4.48. The Morgan fingerprint density at radius 3 is 2.67 bits per heavy atom. The van der Waals surface area contributed by atoms with E-state index in [9.17, 15) is 0 Å². The molecule has 0 amide bonds. The molecule has 0 aliphatic carbocycles. The van der Waals surface area contributed by atoms with Crippen molar-refractivity contribution < 1.29 is 0 Å². The molecule has 0 aliphatic heterocycles. The number of nitrogens with one attached hydrogen (secondary N) is 2. The fourth-order valence-electron chi connectivity index (χ4n) is 2.76. The van der Waals surface area contributed by atoms with E-state index in [0.717, 1.165) is 36.1 Å². The molecular formula is C18H18N6. The van der Waals surface area contributed by atoms with Crippen LogP contribution in [0.5, 0.6) is 0 Å². The molecule has 2 heterocycles. The lowest BCUT2D eigenvalue weighted by molar-refractivity contribution is 0.871. The summed E-state index contributed by atoms with van der Waals surface area (Å²) < 4.78 is 1.74. The molecule has 2 N–H and O–H groups in total. The molecule has 2 aromatic heterocycles. The van der Waals surface area contributed by atoms with Gasteiger partial charge in [0.1, 0.15) is 5.82 Å². The van der Waals surface area contributed by atoms with E-state index >= 15 is 0 Å². The largest absolute Gasteiger partial charge is 0.383 e. The Morgan fingerprint density at radius 1 is 0.875 bits per heavy atom. The Kier molecular flexibility index (Phi) is 3.70. The number of fused-ring (bicyclic) bond motifs is 2. The molecule has 4 aromatic rings. The van der Waals surface area contributed by atoms with E-state index in [-0.39, 0.29) is 0 Å². The minimum atomic E-state index is 0.756. The summed E-state index contributed by atoms with van der Waals surface area (Å²) in [4.78, 5) is 0. The number of hydrogen-bond donors (Lipinski definition) is 2. The molecule has 0 bridgehead atoms. The van der Waals surface area contributed by atoms with Gasteiger partial charge in [0.15, 0.2) is 11.5 Å². The number of anilines is 2. The maximum Gasteiger partial charge on any atom is 0.178 e. The summed E-state index contributed by atoms with van der Waals surface area (Å²) in [5.41, 5.74) is 1.90. The molecule has 0 saturated carbocycles. The van der Waals surface area contributed by atoms with Gasteiger partial charge in [0.2, 0.25) is 0 Å². The predicted molar refractivity (Wildman–Crippen MR) is 96.4 cm³/mol. The van der Waals surface area contributed by atoms with Crippen LogP contribution in [0.3, 0.4) is 0 Å². The van der Waals surface area contributed by atoms with Crippen molar-refractivity contribution in [2.45, 2.75) is 6.92 Å². The van der Waals surface area contributed by atoms with Gasteiger partial charge in [0.25, 0.3) is 0 Å². The van der Waals surface area contributed by atoms with Gasteiger partial charge in [-0.1, -0.05) is 36.4 Å². The van der Waals surface area contributed by atoms with E-state index in [4.69, 9.17) is 0 Å². The first-order chi connectivity index (χ1) is 11.8. The topological polar surface area (TPSA) is 67.1 Å². The Bertz CT molecular complexity index is 986. The molecule has 0 aliphatic rings. The molecule has 0 radical (unpaired) electrons. The molecule has 0 atom stereocenters. The Morgan fingerprint density at radius 2 is 1.71 bits per heavy atom. The zero-order chi connectivity index (χ0) is 16.4. The molecule has 6 heteroatoms. The molecular weight excluding hydrogens is 300 g/mol. The van der Waals surface area contributed by atoms with Gasteiger partial charge < -0.3 is 10.6 Å². The van der Waals surface area contributed by atoms with E-state index < -0.39 is 0 Å². The third-order valence-corrected chi connectivity index (χ3v) is 3.95. The van der Waals surface area contributed by atoms with E-state index in [2.05, 4.69) is 68.4 Å². The smallest absolute Gasteiger partial charge is 0.178 e. The van der Waals surface area contributed by atoms with Crippen molar-refractivity contribution in [3.05, 3.63) is 60.4 Å². The average Bonchev–Trinajstić information content (AvgIpc) is 2.99. The van der Waals surface area contributed by atoms with Crippen LogP contribution in [0.15, 0.2) is 54.6 Å². The second kappa shape index (κ2) is 6.16. The van der Waals surface area contributed by atoms with Gasteiger partial charge in [-0.3, -0.25) is 0 Å². The molecule has 0 unspecified atom stereocenters. The van der Waals surface area contributed by atoms with Gasteiger partial charge in [-0.05, 0) is 30.5 Å². The normalized spacial score (nSPS) is 11.0. The van der Waals surface area contributed by atoms with Crippen LogP contribution >= 0.6 is 0 Å². The average molecular weight is 318 g/mol. The third-order valence-electron chi connectivity index (χ3n) is 3.95. The van der Waals surface area contributed by atoms with Crippen LogP contribution in [-0.2, 0) is 0 Å². The number of hydrogen-bond acceptors (Lipinski definition) is 5. The number of nitrogens with zero attached hydrogens (tertiary/aromatic N) is 4. The molecule has 0 spiro atoms. The van der Waals surface area contributed by atoms with Crippen molar-refractivity contribution >= 4 is 27.9 Å². The van der Waals surface area contributed by atoms with E-state index in [1.807, 2.05) is 19.1 Å². The minimum absolute atomic E-state index is 0.756. The lowest BCUT2D eigenvalue weighted by Crippen LogP contribution is -2.15. The van der Waals surface area contributed by atoms with E-state index in [1.165, 1.54) is 10.8 Å². The second-order valence-corrected chi connectivity index (χ2v) is 5.62. The quantitative estimate of drug-likeness (QED) is 0.553. The predicted octanol–water partition coefficient (Wildman–Crippen LogP) is 3.11. The highest BCUT2D eigenvalue weighted by atomic mass is 15.4. The Balaban J connectivity index is 1.40. The van der Waals surface area contributed by atoms with Gasteiger partial charge in [-0.2, -0.15) is 4.52 Å². The fourth-order valence-corrected chi connectivity index (χ4v) is 2.76. The zero-order valence-corrected chi connectivity index (χ0v) is 13.4. The summed E-state index contributed by atoms with van der Waals surface area (Å²) >= 11 is 0. The van der Waals surface area contributed by atoms with Crippen LogP contribution in [0.4, 0.5) is 11.5 Å². The summed E-state index contributed by atoms with van der Waals surface area (Å²) in [5, 5.41) is 21.8. The van der Waals surface area contributed by atoms with E-state index in [0.29, 0.717) is 0 Å². The highest BCUT2D eigenvalue weighted by Gasteiger charge is 2.03. The second-order valence-electron chi connectivity index (χ2n) is 5.62. The number of benzene rings is 2. The molecule has 120 valence electrons. The summed E-state index contributed by atoms with van der Waals surface area (Å²) in [7, 11) is 0. The summed E-state index contributed by atoms with van der Waals surface area (Å²) in [5.74, 6) is 1.59. The third kappa shape index (κ3) is 2.74. The van der Waals surface area contributed by atoms with Crippen molar-refractivity contribution in [1.82, 2.24) is 19.8 Å². The first-order valence-electron chi connectivity index (χ1n) is 7.96. The van der Waals surface area contributed by atoms with Crippen molar-refractivity contribution in [1.29, 1.82) is 0 Å². The number of aromatic nitrogens is 4. The first-order valence-corrected chi connectivity index (χ1v) is 7.96. The Labute approximate surface area is 139 Å².